The molecule has 0 aromatic heterocycles. The van der Waals surface area contributed by atoms with Crippen LogP contribution in [0.2, 0.25) is 0 Å². The van der Waals surface area contributed by atoms with Gasteiger partial charge in [-0.25, -0.2) is 0 Å². The summed E-state index contributed by atoms with van der Waals surface area (Å²) in [6.45, 7) is 4.70. The van der Waals surface area contributed by atoms with Crippen LogP contribution < -0.4 is 5.32 Å². The van der Waals surface area contributed by atoms with Crippen LogP contribution in [0.15, 0.2) is 0 Å². The lowest BCUT2D eigenvalue weighted by molar-refractivity contribution is -0.127. The van der Waals surface area contributed by atoms with Crippen molar-refractivity contribution in [3.63, 3.8) is 0 Å². The van der Waals surface area contributed by atoms with E-state index in [0.717, 1.165) is 6.54 Å². The Morgan fingerprint density at radius 2 is 2.40 bits per heavy atom. The number of hydrogen-bond donors (Lipinski definition) is 2. The number of aliphatic hydroxyl groups excluding tert-OH is 1. The van der Waals surface area contributed by atoms with Crippen LogP contribution >= 0.6 is 0 Å². The summed E-state index contributed by atoms with van der Waals surface area (Å²) < 4.78 is 4.99. The molecule has 0 aliphatic carbocycles. The minimum absolute atomic E-state index is 0.0852. The van der Waals surface area contributed by atoms with Gasteiger partial charge in [0.05, 0.1) is 13.2 Å². The molecule has 0 aromatic rings. The fraction of sp³-hybridized carbons (Fsp3) is 0.900. The maximum absolute atomic E-state index is 11.6. The Morgan fingerprint density at radius 3 is 3.00 bits per heavy atom. The number of hydrogen-bond acceptors (Lipinski definition) is 4. The second-order valence-corrected chi connectivity index (χ2v) is 4.04. The zero-order valence-electron chi connectivity index (χ0n) is 9.40. The Bertz CT molecular complexity index is 211. The number of carbonyl (C=O) groups excluding carboxylic acids is 1. The van der Waals surface area contributed by atoms with Gasteiger partial charge in [-0.15, -0.1) is 0 Å². The van der Waals surface area contributed by atoms with Crippen molar-refractivity contribution in [3.8, 4) is 0 Å². The Hall–Kier alpha value is -0.650. The minimum atomic E-state index is -0.426. The van der Waals surface area contributed by atoms with Gasteiger partial charge in [0, 0.05) is 26.7 Å². The summed E-state index contributed by atoms with van der Waals surface area (Å²) in [4.78, 5) is 13.6. The third-order valence-corrected chi connectivity index (χ3v) is 2.67. The molecule has 1 saturated heterocycles. The first-order valence-electron chi connectivity index (χ1n) is 5.30. The maximum Gasteiger partial charge on any atom is 0.239 e. The topological polar surface area (TPSA) is 61.8 Å². The smallest absolute Gasteiger partial charge is 0.239 e. The molecule has 1 amide bonds. The first kappa shape index (κ1) is 12.4. The molecule has 5 nitrogen and oxygen atoms in total. The van der Waals surface area contributed by atoms with Crippen molar-refractivity contribution < 1.29 is 14.6 Å². The van der Waals surface area contributed by atoms with Crippen LogP contribution in [0.1, 0.15) is 6.92 Å². The molecule has 0 bridgehead atoms. The minimum Gasteiger partial charge on any atom is -0.394 e. The third kappa shape index (κ3) is 3.44. The SMILES string of the molecule is COCCN1CC(C)CNC(=O)C1CO. The molecule has 1 aliphatic rings. The highest BCUT2D eigenvalue weighted by Gasteiger charge is 2.29. The molecule has 0 aromatic carbocycles. The lowest BCUT2D eigenvalue weighted by Crippen LogP contribution is -2.47. The summed E-state index contributed by atoms with van der Waals surface area (Å²) in [5.74, 6) is 0.320. The van der Waals surface area contributed by atoms with E-state index >= 15 is 0 Å². The van der Waals surface area contributed by atoms with Gasteiger partial charge in [-0.3, -0.25) is 9.69 Å². The van der Waals surface area contributed by atoms with Gasteiger partial charge in [-0.1, -0.05) is 6.92 Å². The van der Waals surface area contributed by atoms with Gasteiger partial charge in [-0.2, -0.15) is 0 Å². The quantitative estimate of drug-likeness (QED) is 0.637. The van der Waals surface area contributed by atoms with E-state index in [4.69, 9.17) is 4.74 Å². The van der Waals surface area contributed by atoms with Gasteiger partial charge in [-0.05, 0) is 5.92 Å². The summed E-state index contributed by atoms with van der Waals surface area (Å²) in [7, 11) is 1.63. The van der Waals surface area contributed by atoms with Crippen LogP contribution in [0.25, 0.3) is 0 Å². The molecule has 5 heteroatoms. The second kappa shape index (κ2) is 6.05. The van der Waals surface area contributed by atoms with Crippen LogP contribution in [0.3, 0.4) is 0 Å². The highest BCUT2D eigenvalue weighted by molar-refractivity contribution is 5.82. The van der Waals surface area contributed by atoms with E-state index in [0.29, 0.717) is 25.6 Å². The van der Waals surface area contributed by atoms with E-state index in [1.165, 1.54) is 0 Å². The molecule has 1 heterocycles. The number of methoxy groups -OCH3 is 1. The fourth-order valence-corrected chi connectivity index (χ4v) is 1.80. The molecule has 2 unspecified atom stereocenters. The van der Waals surface area contributed by atoms with Crippen molar-refractivity contribution in [2.75, 3.05) is 40.0 Å². The van der Waals surface area contributed by atoms with Crippen molar-refractivity contribution in [1.29, 1.82) is 0 Å². The maximum atomic E-state index is 11.6. The summed E-state index contributed by atoms with van der Waals surface area (Å²) in [6, 6.07) is -0.426. The molecule has 0 spiro atoms. The zero-order valence-corrected chi connectivity index (χ0v) is 9.40. The predicted octanol–water partition coefficient (Wildman–Crippen LogP) is -0.938. The molecule has 1 aliphatic heterocycles. The standard InChI is InChI=1S/C10H20N2O3/c1-8-5-11-10(14)9(7-13)12(6-8)3-4-15-2/h8-9,13H,3-7H2,1-2H3,(H,11,14). The van der Waals surface area contributed by atoms with Crippen LogP contribution in [0.5, 0.6) is 0 Å². The largest absolute Gasteiger partial charge is 0.394 e. The lowest BCUT2D eigenvalue weighted by Gasteiger charge is -2.27. The van der Waals surface area contributed by atoms with Crippen LogP contribution in [-0.4, -0.2) is 61.9 Å². The van der Waals surface area contributed by atoms with Crippen LogP contribution in [0, 0.1) is 5.92 Å². The number of amides is 1. The van der Waals surface area contributed by atoms with Crippen molar-refractivity contribution in [3.05, 3.63) is 0 Å². The molecule has 2 atom stereocenters. The number of nitrogens with one attached hydrogen (secondary N) is 1. The van der Waals surface area contributed by atoms with E-state index in [1.54, 1.807) is 7.11 Å². The van der Waals surface area contributed by atoms with Gasteiger partial charge in [0.25, 0.3) is 0 Å². The predicted molar refractivity (Wildman–Crippen MR) is 56.5 cm³/mol. The molecule has 2 N–H and O–H groups in total. The number of aliphatic hydroxyl groups is 1. The first-order chi connectivity index (χ1) is 7.19. The van der Waals surface area contributed by atoms with Gasteiger partial charge in [0.1, 0.15) is 6.04 Å². The fourth-order valence-electron chi connectivity index (χ4n) is 1.80. The van der Waals surface area contributed by atoms with Crippen LogP contribution in [0.4, 0.5) is 0 Å². The Kier molecular flexibility index (Phi) is 5.01. The molecule has 15 heavy (non-hydrogen) atoms. The van der Waals surface area contributed by atoms with E-state index in [9.17, 15) is 9.90 Å². The highest BCUT2D eigenvalue weighted by atomic mass is 16.5. The van der Waals surface area contributed by atoms with Crippen molar-refractivity contribution in [2.24, 2.45) is 5.92 Å². The average molecular weight is 216 g/mol. The Balaban J connectivity index is 2.62. The van der Waals surface area contributed by atoms with E-state index in [2.05, 4.69) is 12.2 Å². The lowest BCUT2D eigenvalue weighted by atomic mass is 10.1. The van der Waals surface area contributed by atoms with Crippen molar-refractivity contribution in [1.82, 2.24) is 10.2 Å². The summed E-state index contributed by atoms with van der Waals surface area (Å²) in [5.41, 5.74) is 0. The molecular formula is C10H20N2O3. The average Bonchev–Trinajstić information content (AvgIpc) is 2.35. The molecular weight excluding hydrogens is 196 g/mol. The number of rotatable bonds is 4. The van der Waals surface area contributed by atoms with Crippen molar-refractivity contribution >= 4 is 5.91 Å². The monoisotopic (exact) mass is 216 g/mol. The number of carbonyl (C=O) groups is 1. The first-order valence-corrected chi connectivity index (χ1v) is 5.30. The zero-order chi connectivity index (χ0) is 11.3. The Labute approximate surface area is 90.4 Å². The number of ether oxygens (including phenoxy) is 1. The molecule has 1 rings (SSSR count). The van der Waals surface area contributed by atoms with Crippen molar-refractivity contribution in [2.45, 2.75) is 13.0 Å². The number of nitrogens with zero attached hydrogens (tertiary/aromatic N) is 1. The molecule has 1 fully saturated rings. The van der Waals surface area contributed by atoms with Gasteiger partial charge >= 0.3 is 0 Å². The summed E-state index contributed by atoms with van der Waals surface area (Å²) in [5, 5.41) is 12.0. The van der Waals surface area contributed by atoms with E-state index in [1.807, 2.05) is 4.90 Å². The van der Waals surface area contributed by atoms with E-state index in [-0.39, 0.29) is 12.5 Å². The second-order valence-electron chi connectivity index (χ2n) is 4.04. The normalized spacial score (nSPS) is 28.6. The summed E-state index contributed by atoms with van der Waals surface area (Å²) >= 11 is 0. The molecule has 0 radical (unpaired) electrons. The van der Waals surface area contributed by atoms with Gasteiger partial charge in [0.2, 0.25) is 5.91 Å². The molecule has 0 saturated carbocycles. The molecule has 88 valence electrons. The van der Waals surface area contributed by atoms with E-state index < -0.39 is 6.04 Å². The highest BCUT2D eigenvalue weighted by Crippen LogP contribution is 2.08. The summed E-state index contributed by atoms with van der Waals surface area (Å²) in [6.07, 6.45) is 0. The third-order valence-electron chi connectivity index (χ3n) is 2.67. The Morgan fingerprint density at radius 1 is 1.67 bits per heavy atom. The van der Waals surface area contributed by atoms with Gasteiger partial charge in [0.15, 0.2) is 0 Å². The van der Waals surface area contributed by atoms with Gasteiger partial charge < -0.3 is 15.2 Å². The van der Waals surface area contributed by atoms with Crippen LogP contribution in [-0.2, 0) is 9.53 Å².